The maximum absolute atomic E-state index is 11.9. The third-order valence-electron chi connectivity index (χ3n) is 3.29. The van der Waals surface area contributed by atoms with E-state index in [4.69, 9.17) is 10.5 Å². The van der Waals surface area contributed by atoms with Crippen molar-refractivity contribution in [2.45, 2.75) is 10.8 Å². The summed E-state index contributed by atoms with van der Waals surface area (Å²) < 4.78 is 6.42. The minimum atomic E-state index is -0.0161. The fourth-order valence-corrected chi connectivity index (χ4v) is 3.70. The first-order valence-corrected chi connectivity index (χ1v) is 8.70. The summed E-state index contributed by atoms with van der Waals surface area (Å²) in [6, 6.07) is 8.03. The molecular formula is C14H16N4O2S2. The van der Waals surface area contributed by atoms with E-state index >= 15 is 0 Å². The molecule has 1 amide bonds. The number of fused-ring (bicyclic) bond motifs is 1. The number of thioether (sulfide) groups is 1. The summed E-state index contributed by atoms with van der Waals surface area (Å²) in [4.78, 5) is 11.9. The molecule has 2 heterocycles. The molecule has 3 rings (SSSR count). The summed E-state index contributed by atoms with van der Waals surface area (Å²) in [5.74, 6) is 1.56. The second-order valence-electron chi connectivity index (χ2n) is 4.99. The number of carbonyl (C=O) groups is 1. The molecule has 0 saturated carbocycles. The van der Waals surface area contributed by atoms with Crippen LogP contribution in [0.15, 0.2) is 28.6 Å². The molecule has 0 aliphatic carbocycles. The van der Waals surface area contributed by atoms with Crippen LogP contribution in [0.4, 0.5) is 5.13 Å². The monoisotopic (exact) mass is 336 g/mol. The van der Waals surface area contributed by atoms with E-state index in [9.17, 15) is 4.79 Å². The fraction of sp³-hybridized carbons (Fsp3) is 0.357. The van der Waals surface area contributed by atoms with Crippen LogP contribution >= 0.6 is 23.1 Å². The van der Waals surface area contributed by atoms with Gasteiger partial charge in [0.05, 0.1) is 12.4 Å². The summed E-state index contributed by atoms with van der Waals surface area (Å²) in [6.07, 6.45) is 0.927. The highest BCUT2D eigenvalue weighted by atomic mass is 32.2. The average Bonchev–Trinajstić information content (AvgIpc) is 2.96. The third-order valence-corrected chi connectivity index (χ3v) is 5.18. The standard InChI is InChI=1S/C14H16N4O2S2/c15-13-17-18-14(22-13)21-8-12(19)16-6-9-5-10-3-1-2-4-11(10)20-7-9/h1-4,9H,5-8H2,(H2,15,17)(H,16,19)/t9-/m0/s1. The van der Waals surface area contributed by atoms with Gasteiger partial charge in [0.2, 0.25) is 11.0 Å². The first-order chi connectivity index (χ1) is 10.7. The molecular weight excluding hydrogens is 320 g/mol. The van der Waals surface area contributed by atoms with Gasteiger partial charge in [0.25, 0.3) is 0 Å². The van der Waals surface area contributed by atoms with Crippen LogP contribution in [0.25, 0.3) is 0 Å². The number of aromatic nitrogens is 2. The fourth-order valence-electron chi connectivity index (χ4n) is 2.24. The number of carbonyl (C=O) groups excluding carboxylic acids is 1. The van der Waals surface area contributed by atoms with E-state index in [0.717, 1.165) is 12.2 Å². The summed E-state index contributed by atoms with van der Waals surface area (Å²) in [5, 5.41) is 10.9. The van der Waals surface area contributed by atoms with Crippen molar-refractivity contribution in [2.24, 2.45) is 5.92 Å². The highest BCUT2D eigenvalue weighted by molar-refractivity contribution is 8.01. The molecule has 3 N–H and O–H groups in total. The van der Waals surface area contributed by atoms with Gasteiger partial charge < -0.3 is 15.8 Å². The van der Waals surface area contributed by atoms with Crippen molar-refractivity contribution < 1.29 is 9.53 Å². The Morgan fingerprint density at radius 3 is 3.14 bits per heavy atom. The van der Waals surface area contributed by atoms with Crippen molar-refractivity contribution in [3.05, 3.63) is 29.8 Å². The zero-order valence-electron chi connectivity index (χ0n) is 11.8. The number of rotatable bonds is 5. The Morgan fingerprint density at radius 2 is 2.32 bits per heavy atom. The molecule has 0 fully saturated rings. The van der Waals surface area contributed by atoms with Crippen LogP contribution in [0.3, 0.4) is 0 Å². The van der Waals surface area contributed by atoms with Gasteiger partial charge in [-0.1, -0.05) is 41.3 Å². The van der Waals surface area contributed by atoms with Crippen LogP contribution in [-0.4, -0.2) is 35.0 Å². The third kappa shape index (κ3) is 3.89. The largest absolute Gasteiger partial charge is 0.493 e. The van der Waals surface area contributed by atoms with Crippen molar-refractivity contribution in [3.8, 4) is 5.75 Å². The van der Waals surface area contributed by atoms with Gasteiger partial charge in [-0.15, -0.1) is 10.2 Å². The predicted molar refractivity (Wildman–Crippen MR) is 87.2 cm³/mol. The lowest BCUT2D eigenvalue weighted by Crippen LogP contribution is -2.35. The van der Waals surface area contributed by atoms with E-state index in [1.807, 2.05) is 18.2 Å². The van der Waals surface area contributed by atoms with Crippen molar-refractivity contribution >= 4 is 34.1 Å². The maximum atomic E-state index is 11.9. The van der Waals surface area contributed by atoms with Crippen LogP contribution in [0.1, 0.15) is 5.56 Å². The molecule has 2 aromatic rings. The Morgan fingerprint density at radius 1 is 1.45 bits per heavy atom. The molecule has 1 atom stereocenters. The Labute approximate surface area is 136 Å². The molecule has 0 bridgehead atoms. The van der Waals surface area contributed by atoms with Crippen LogP contribution in [0, 0.1) is 5.92 Å². The molecule has 6 nitrogen and oxygen atoms in total. The number of anilines is 1. The minimum Gasteiger partial charge on any atom is -0.493 e. The second kappa shape index (κ2) is 6.97. The topological polar surface area (TPSA) is 90.1 Å². The van der Waals surface area contributed by atoms with Gasteiger partial charge >= 0.3 is 0 Å². The molecule has 1 aromatic carbocycles. The van der Waals surface area contributed by atoms with E-state index in [1.165, 1.54) is 28.7 Å². The molecule has 0 saturated heterocycles. The van der Waals surface area contributed by atoms with Gasteiger partial charge in [0.1, 0.15) is 5.75 Å². The summed E-state index contributed by atoms with van der Waals surface area (Å²) >= 11 is 2.63. The molecule has 1 aliphatic rings. The van der Waals surface area contributed by atoms with Crippen LogP contribution in [0.5, 0.6) is 5.75 Å². The SMILES string of the molecule is Nc1nnc(SCC(=O)NC[C@H]2COc3ccccc3C2)s1. The van der Waals surface area contributed by atoms with Crippen molar-refractivity contribution in [1.29, 1.82) is 0 Å². The van der Waals surface area contributed by atoms with E-state index in [0.29, 0.717) is 34.3 Å². The molecule has 22 heavy (non-hydrogen) atoms. The Bertz CT molecular complexity index is 662. The van der Waals surface area contributed by atoms with Crippen LogP contribution in [-0.2, 0) is 11.2 Å². The van der Waals surface area contributed by atoms with Crippen LogP contribution < -0.4 is 15.8 Å². The highest BCUT2D eigenvalue weighted by Gasteiger charge is 2.20. The van der Waals surface area contributed by atoms with Crippen molar-refractivity contribution in [2.75, 3.05) is 24.6 Å². The zero-order valence-corrected chi connectivity index (χ0v) is 13.5. The lowest BCUT2D eigenvalue weighted by molar-refractivity contribution is -0.118. The molecule has 1 aromatic heterocycles. The first kappa shape index (κ1) is 15.1. The van der Waals surface area contributed by atoms with E-state index in [-0.39, 0.29) is 5.91 Å². The van der Waals surface area contributed by atoms with E-state index < -0.39 is 0 Å². The van der Waals surface area contributed by atoms with Gasteiger partial charge in [-0.25, -0.2) is 0 Å². The van der Waals surface area contributed by atoms with Gasteiger partial charge in [-0.05, 0) is 18.1 Å². The van der Waals surface area contributed by atoms with Gasteiger partial charge in [-0.2, -0.15) is 0 Å². The number of para-hydroxylation sites is 1. The molecule has 0 unspecified atom stereocenters. The normalized spacial score (nSPS) is 16.6. The van der Waals surface area contributed by atoms with Gasteiger partial charge in [0, 0.05) is 12.5 Å². The van der Waals surface area contributed by atoms with Crippen molar-refractivity contribution in [1.82, 2.24) is 15.5 Å². The van der Waals surface area contributed by atoms with Crippen molar-refractivity contribution in [3.63, 3.8) is 0 Å². The smallest absolute Gasteiger partial charge is 0.230 e. The lowest BCUT2D eigenvalue weighted by atomic mass is 9.97. The van der Waals surface area contributed by atoms with Crippen LogP contribution in [0.2, 0.25) is 0 Å². The lowest BCUT2D eigenvalue weighted by Gasteiger charge is -2.25. The maximum Gasteiger partial charge on any atom is 0.230 e. The highest BCUT2D eigenvalue weighted by Crippen LogP contribution is 2.26. The number of ether oxygens (including phenoxy) is 1. The minimum absolute atomic E-state index is 0.0161. The number of nitrogens with zero attached hydrogens (tertiary/aromatic N) is 2. The Hall–Kier alpha value is -1.80. The number of nitrogen functional groups attached to an aromatic ring is 1. The molecule has 0 spiro atoms. The number of benzene rings is 1. The number of amides is 1. The molecule has 8 heteroatoms. The summed E-state index contributed by atoms with van der Waals surface area (Å²) in [5.41, 5.74) is 6.70. The molecule has 1 aliphatic heterocycles. The zero-order chi connectivity index (χ0) is 15.4. The second-order valence-corrected chi connectivity index (χ2v) is 7.22. The van der Waals surface area contributed by atoms with E-state index in [2.05, 4.69) is 21.6 Å². The molecule has 0 radical (unpaired) electrons. The van der Waals surface area contributed by atoms with Gasteiger partial charge in [-0.3, -0.25) is 4.79 Å². The quantitative estimate of drug-likeness (QED) is 0.806. The number of nitrogens with one attached hydrogen (secondary N) is 1. The summed E-state index contributed by atoms with van der Waals surface area (Å²) in [7, 11) is 0. The van der Waals surface area contributed by atoms with E-state index in [1.54, 1.807) is 0 Å². The number of nitrogens with two attached hydrogens (primary N) is 1. The first-order valence-electron chi connectivity index (χ1n) is 6.90. The average molecular weight is 336 g/mol. The summed E-state index contributed by atoms with van der Waals surface area (Å²) in [6.45, 7) is 1.25. The number of hydrogen-bond acceptors (Lipinski definition) is 7. The Kier molecular flexibility index (Phi) is 4.79. The van der Waals surface area contributed by atoms with Gasteiger partial charge in [0.15, 0.2) is 4.34 Å². The molecule has 116 valence electrons. The predicted octanol–water partition coefficient (Wildman–Crippen LogP) is 1.58. The Balaban J connectivity index is 1.42. The number of hydrogen-bond donors (Lipinski definition) is 2.